The smallest absolute Gasteiger partial charge is 0.274 e. The van der Waals surface area contributed by atoms with Crippen LogP contribution in [-0.4, -0.2) is 56.7 Å². The number of amides is 1. The van der Waals surface area contributed by atoms with E-state index in [1.165, 1.54) is 5.01 Å². The Morgan fingerprint density at radius 1 is 1.09 bits per heavy atom. The van der Waals surface area contributed by atoms with Crippen LogP contribution in [0.15, 0.2) is 48.0 Å². The number of ether oxygens (including phenoxy) is 1. The van der Waals surface area contributed by atoms with Crippen LogP contribution in [0.3, 0.4) is 0 Å². The lowest BCUT2D eigenvalue weighted by molar-refractivity contribution is 0.0753. The maximum absolute atomic E-state index is 13.0. The van der Waals surface area contributed by atoms with E-state index in [0.29, 0.717) is 12.2 Å². The zero-order chi connectivity index (χ0) is 22.6. The third-order valence-corrected chi connectivity index (χ3v) is 6.74. The highest BCUT2D eigenvalue weighted by molar-refractivity contribution is 7.09. The second kappa shape index (κ2) is 9.83. The molecule has 1 saturated heterocycles. The van der Waals surface area contributed by atoms with Crippen LogP contribution < -0.4 is 4.74 Å². The minimum atomic E-state index is -0.0195. The largest absolute Gasteiger partial charge is 0.471 e. The van der Waals surface area contributed by atoms with Gasteiger partial charge in [0.25, 0.3) is 5.91 Å². The molecular formula is C24H31N5O2S. The molecule has 3 heterocycles. The van der Waals surface area contributed by atoms with Crippen LogP contribution in [0.1, 0.15) is 48.4 Å². The normalized spacial score (nSPS) is 15.5. The molecule has 0 radical (unpaired) electrons. The van der Waals surface area contributed by atoms with Crippen molar-refractivity contribution in [3.8, 4) is 5.75 Å². The van der Waals surface area contributed by atoms with Crippen molar-refractivity contribution < 1.29 is 9.53 Å². The molecule has 1 fully saturated rings. The second-order valence-electron chi connectivity index (χ2n) is 9.14. The second-order valence-corrected chi connectivity index (χ2v) is 10.0. The lowest BCUT2D eigenvalue weighted by Gasteiger charge is -2.21. The highest BCUT2D eigenvalue weighted by Gasteiger charge is 2.23. The van der Waals surface area contributed by atoms with Gasteiger partial charge in [-0.2, -0.15) is 5.10 Å². The van der Waals surface area contributed by atoms with Gasteiger partial charge in [-0.15, -0.1) is 11.3 Å². The standard InChI is InChI=1S/C24H31N5O2S/c1-24(2,3)23-25-19(17-32-23)16-27-11-7-12-28(15-14-27)22(30)21-10-13-29(26-21)18-31-20-8-5-4-6-9-20/h4-6,8-10,13,17H,7,11-12,14-16,18H2,1-3H3. The molecule has 1 amide bonds. The molecule has 32 heavy (non-hydrogen) atoms. The van der Waals surface area contributed by atoms with Crippen LogP contribution in [0.25, 0.3) is 0 Å². The number of hydrogen-bond donors (Lipinski definition) is 0. The van der Waals surface area contributed by atoms with Crippen molar-refractivity contribution >= 4 is 17.2 Å². The van der Waals surface area contributed by atoms with Crippen molar-refractivity contribution in [1.29, 1.82) is 0 Å². The first kappa shape index (κ1) is 22.5. The Balaban J connectivity index is 1.30. The number of para-hydroxylation sites is 1. The van der Waals surface area contributed by atoms with Crippen LogP contribution in [0, 0.1) is 0 Å². The van der Waals surface area contributed by atoms with Gasteiger partial charge in [0, 0.05) is 49.7 Å². The fourth-order valence-electron chi connectivity index (χ4n) is 3.65. The van der Waals surface area contributed by atoms with E-state index >= 15 is 0 Å². The fraction of sp³-hybridized carbons (Fsp3) is 0.458. The molecule has 0 aliphatic carbocycles. The number of thiazole rings is 1. The molecule has 7 nitrogen and oxygen atoms in total. The van der Waals surface area contributed by atoms with E-state index in [4.69, 9.17) is 9.72 Å². The molecule has 1 aromatic carbocycles. The van der Waals surface area contributed by atoms with Crippen molar-refractivity contribution in [2.45, 2.75) is 45.9 Å². The van der Waals surface area contributed by atoms with E-state index in [0.717, 1.165) is 44.0 Å². The maximum atomic E-state index is 13.0. The van der Waals surface area contributed by atoms with E-state index in [2.05, 4.69) is 36.1 Å². The highest BCUT2D eigenvalue weighted by Crippen LogP contribution is 2.26. The third kappa shape index (κ3) is 5.75. The first-order valence-electron chi connectivity index (χ1n) is 11.1. The van der Waals surface area contributed by atoms with E-state index in [1.54, 1.807) is 28.3 Å². The molecule has 8 heteroatoms. The number of nitrogens with zero attached hydrogens (tertiary/aromatic N) is 5. The van der Waals surface area contributed by atoms with Crippen LogP contribution in [0.2, 0.25) is 0 Å². The molecule has 0 atom stereocenters. The van der Waals surface area contributed by atoms with Gasteiger partial charge in [0.2, 0.25) is 0 Å². The number of carbonyl (C=O) groups is 1. The summed E-state index contributed by atoms with van der Waals surface area (Å²) in [6, 6.07) is 11.4. The average Bonchev–Trinajstić information content (AvgIpc) is 3.38. The minimum absolute atomic E-state index is 0.0195. The van der Waals surface area contributed by atoms with Gasteiger partial charge < -0.3 is 9.64 Å². The van der Waals surface area contributed by atoms with Crippen LogP contribution in [0.4, 0.5) is 0 Å². The summed E-state index contributed by atoms with van der Waals surface area (Å²) < 4.78 is 7.36. The summed E-state index contributed by atoms with van der Waals surface area (Å²) in [4.78, 5) is 22.1. The van der Waals surface area contributed by atoms with E-state index in [9.17, 15) is 4.79 Å². The monoisotopic (exact) mass is 453 g/mol. The van der Waals surface area contributed by atoms with E-state index in [-0.39, 0.29) is 18.1 Å². The zero-order valence-corrected chi connectivity index (χ0v) is 19.8. The zero-order valence-electron chi connectivity index (χ0n) is 19.0. The Labute approximate surface area is 193 Å². The molecule has 0 N–H and O–H groups in total. The summed E-state index contributed by atoms with van der Waals surface area (Å²) in [5, 5.41) is 7.76. The SMILES string of the molecule is CC(C)(C)c1nc(CN2CCCN(C(=O)c3ccn(COc4ccccc4)n3)CC2)cs1. The number of benzene rings is 1. The summed E-state index contributed by atoms with van der Waals surface area (Å²) in [6.07, 6.45) is 2.73. The molecule has 3 aromatic rings. The molecule has 0 saturated carbocycles. The molecule has 1 aliphatic rings. The van der Waals surface area contributed by atoms with Gasteiger partial charge in [0.15, 0.2) is 12.4 Å². The van der Waals surface area contributed by atoms with Crippen LogP contribution in [0.5, 0.6) is 5.75 Å². The van der Waals surface area contributed by atoms with E-state index in [1.807, 2.05) is 35.2 Å². The quantitative estimate of drug-likeness (QED) is 0.564. The molecule has 0 unspecified atom stereocenters. The highest BCUT2D eigenvalue weighted by atomic mass is 32.1. The lowest BCUT2D eigenvalue weighted by Crippen LogP contribution is -2.35. The Bertz CT molecular complexity index is 1020. The van der Waals surface area contributed by atoms with Crippen LogP contribution in [-0.2, 0) is 18.7 Å². The third-order valence-electron chi connectivity index (χ3n) is 5.42. The van der Waals surface area contributed by atoms with Gasteiger partial charge in [-0.1, -0.05) is 39.0 Å². The fourth-order valence-corrected chi connectivity index (χ4v) is 4.55. The summed E-state index contributed by atoms with van der Waals surface area (Å²) in [5.74, 6) is 0.757. The van der Waals surface area contributed by atoms with Gasteiger partial charge in [0.1, 0.15) is 5.75 Å². The first-order valence-corrected chi connectivity index (χ1v) is 11.9. The van der Waals surface area contributed by atoms with Crippen LogP contribution >= 0.6 is 11.3 Å². The van der Waals surface area contributed by atoms with Crippen molar-refractivity contribution in [3.05, 3.63) is 64.4 Å². The average molecular weight is 454 g/mol. The van der Waals surface area contributed by atoms with Gasteiger partial charge >= 0.3 is 0 Å². The summed E-state index contributed by atoms with van der Waals surface area (Å²) in [6.45, 7) is 10.9. The van der Waals surface area contributed by atoms with Gasteiger partial charge in [0.05, 0.1) is 10.7 Å². The predicted octanol–water partition coefficient (Wildman–Crippen LogP) is 4.02. The molecule has 2 aromatic heterocycles. The lowest BCUT2D eigenvalue weighted by atomic mass is 9.98. The van der Waals surface area contributed by atoms with Gasteiger partial charge in [-0.3, -0.25) is 9.69 Å². The Hall–Kier alpha value is -2.71. The molecule has 1 aliphatic heterocycles. The van der Waals surface area contributed by atoms with Gasteiger partial charge in [-0.25, -0.2) is 9.67 Å². The molecule has 4 rings (SSSR count). The maximum Gasteiger partial charge on any atom is 0.274 e. The summed E-state index contributed by atoms with van der Waals surface area (Å²) >= 11 is 1.73. The van der Waals surface area contributed by atoms with Gasteiger partial charge in [-0.05, 0) is 24.6 Å². The summed E-state index contributed by atoms with van der Waals surface area (Å²) in [7, 11) is 0. The van der Waals surface area contributed by atoms with E-state index < -0.39 is 0 Å². The minimum Gasteiger partial charge on any atom is -0.471 e. The molecule has 170 valence electrons. The number of rotatable bonds is 6. The molecule has 0 spiro atoms. The van der Waals surface area contributed by atoms with Crippen molar-refractivity contribution in [1.82, 2.24) is 24.6 Å². The number of aromatic nitrogens is 3. The number of hydrogen-bond acceptors (Lipinski definition) is 6. The topological polar surface area (TPSA) is 63.5 Å². The van der Waals surface area contributed by atoms with Crippen molar-refractivity contribution in [2.75, 3.05) is 26.2 Å². The van der Waals surface area contributed by atoms with Crippen molar-refractivity contribution in [3.63, 3.8) is 0 Å². The number of carbonyl (C=O) groups excluding carboxylic acids is 1. The Morgan fingerprint density at radius 3 is 2.66 bits per heavy atom. The Kier molecular flexibility index (Phi) is 6.91. The van der Waals surface area contributed by atoms with Crippen molar-refractivity contribution in [2.24, 2.45) is 0 Å². The molecule has 0 bridgehead atoms. The Morgan fingerprint density at radius 2 is 1.91 bits per heavy atom. The molecular weight excluding hydrogens is 422 g/mol. The first-order chi connectivity index (χ1) is 15.4. The summed E-state index contributed by atoms with van der Waals surface area (Å²) in [5.41, 5.74) is 1.67. The predicted molar refractivity (Wildman–Crippen MR) is 126 cm³/mol.